The fourth-order valence-corrected chi connectivity index (χ4v) is 2.39. The molecular formula is C13H14O4. The first-order valence-corrected chi connectivity index (χ1v) is 5.88. The average Bonchev–Trinajstić information content (AvgIpc) is 2.87. The van der Waals surface area contributed by atoms with E-state index in [0.717, 1.165) is 24.0 Å². The second kappa shape index (κ2) is 4.04. The summed E-state index contributed by atoms with van der Waals surface area (Å²) in [6.45, 7) is 0.438. The number of carbonyl (C=O) groups excluding carboxylic acids is 1. The normalized spacial score (nSPS) is 26.8. The van der Waals surface area contributed by atoms with Crippen LogP contribution in [0.1, 0.15) is 30.1 Å². The molecule has 0 saturated carbocycles. The molecule has 2 atom stereocenters. The van der Waals surface area contributed by atoms with Gasteiger partial charge in [0.15, 0.2) is 6.10 Å². The highest BCUT2D eigenvalue weighted by Gasteiger charge is 2.29. The van der Waals surface area contributed by atoms with Crippen molar-refractivity contribution >= 4 is 5.97 Å². The lowest BCUT2D eigenvalue weighted by Gasteiger charge is -2.11. The minimum atomic E-state index is -0.473. The lowest BCUT2D eigenvalue weighted by Crippen LogP contribution is -2.21. The molecule has 1 heterocycles. The topological polar surface area (TPSA) is 55.8 Å². The van der Waals surface area contributed by atoms with E-state index < -0.39 is 6.10 Å². The Labute approximate surface area is 99.2 Å². The number of hydrogen-bond donors (Lipinski definition) is 1. The molecule has 0 amide bonds. The zero-order chi connectivity index (χ0) is 11.8. The minimum Gasteiger partial charge on any atom is -0.479 e. The molecule has 1 aromatic carbocycles. The van der Waals surface area contributed by atoms with Crippen molar-refractivity contribution in [3.05, 3.63) is 29.3 Å². The molecule has 1 N–H and O–H groups in total. The van der Waals surface area contributed by atoms with Crippen LogP contribution in [0.25, 0.3) is 0 Å². The molecule has 17 heavy (non-hydrogen) atoms. The molecular weight excluding hydrogens is 220 g/mol. The van der Waals surface area contributed by atoms with Gasteiger partial charge in [-0.1, -0.05) is 6.07 Å². The van der Waals surface area contributed by atoms with E-state index in [1.165, 1.54) is 0 Å². The summed E-state index contributed by atoms with van der Waals surface area (Å²) in [5.74, 6) is 0.396. The Morgan fingerprint density at radius 2 is 2.24 bits per heavy atom. The van der Waals surface area contributed by atoms with Gasteiger partial charge in [-0.3, -0.25) is 0 Å². The van der Waals surface area contributed by atoms with Gasteiger partial charge in [0.2, 0.25) is 0 Å². The predicted octanol–water partition coefficient (Wildman–Crippen LogP) is 1.36. The van der Waals surface area contributed by atoms with Crippen LogP contribution < -0.4 is 4.74 Å². The molecule has 0 radical (unpaired) electrons. The van der Waals surface area contributed by atoms with E-state index in [1.807, 2.05) is 12.1 Å². The lowest BCUT2D eigenvalue weighted by atomic mass is 10.1. The molecule has 1 fully saturated rings. The van der Waals surface area contributed by atoms with Crippen LogP contribution >= 0.6 is 0 Å². The van der Waals surface area contributed by atoms with Gasteiger partial charge in [0.1, 0.15) is 5.75 Å². The summed E-state index contributed by atoms with van der Waals surface area (Å²) < 4.78 is 10.4. The molecule has 1 aromatic rings. The standard InChI is InChI=1S/C13H14O4/c14-11-4-1-8-7-9(2-3-10(8)11)17-12-5-6-16-13(12)15/h2-3,7,11-12,14H,1,4-6H2. The van der Waals surface area contributed by atoms with Crippen molar-refractivity contribution in [2.45, 2.75) is 31.5 Å². The minimum absolute atomic E-state index is 0.287. The number of hydrogen-bond acceptors (Lipinski definition) is 4. The summed E-state index contributed by atoms with van der Waals surface area (Å²) in [5, 5.41) is 9.68. The quantitative estimate of drug-likeness (QED) is 0.785. The maximum absolute atomic E-state index is 11.3. The van der Waals surface area contributed by atoms with Crippen LogP contribution in [0, 0.1) is 0 Å². The van der Waals surface area contributed by atoms with Crippen LogP contribution in [0.15, 0.2) is 18.2 Å². The summed E-state index contributed by atoms with van der Waals surface area (Å²) in [7, 11) is 0. The molecule has 0 aromatic heterocycles. The second-order valence-electron chi connectivity index (χ2n) is 4.48. The number of fused-ring (bicyclic) bond motifs is 1. The van der Waals surface area contributed by atoms with Crippen LogP contribution in [-0.2, 0) is 16.0 Å². The molecule has 0 bridgehead atoms. The molecule has 1 aliphatic heterocycles. The van der Waals surface area contributed by atoms with Crippen LogP contribution in [0.4, 0.5) is 0 Å². The average molecular weight is 234 g/mol. The van der Waals surface area contributed by atoms with E-state index in [1.54, 1.807) is 6.07 Å². The Balaban J connectivity index is 1.78. The second-order valence-corrected chi connectivity index (χ2v) is 4.48. The molecule has 2 unspecified atom stereocenters. The number of cyclic esters (lactones) is 1. The van der Waals surface area contributed by atoms with E-state index in [-0.39, 0.29) is 12.1 Å². The fraction of sp³-hybridized carbons (Fsp3) is 0.462. The third-order valence-electron chi connectivity index (χ3n) is 3.33. The molecule has 4 heteroatoms. The summed E-state index contributed by atoms with van der Waals surface area (Å²) in [4.78, 5) is 11.3. The molecule has 1 aliphatic carbocycles. The van der Waals surface area contributed by atoms with Crippen LogP contribution in [-0.4, -0.2) is 23.8 Å². The van der Waals surface area contributed by atoms with Crippen LogP contribution in [0.2, 0.25) is 0 Å². The van der Waals surface area contributed by atoms with Crippen molar-refractivity contribution in [1.82, 2.24) is 0 Å². The summed E-state index contributed by atoms with van der Waals surface area (Å²) in [6.07, 6.45) is 1.42. The molecule has 1 saturated heterocycles. The van der Waals surface area contributed by atoms with Gasteiger partial charge in [-0.05, 0) is 36.1 Å². The van der Waals surface area contributed by atoms with E-state index in [2.05, 4.69) is 0 Å². The summed E-state index contributed by atoms with van der Waals surface area (Å²) in [5.41, 5.74) is 2.09. The highest BCUT2D eigenvalue weighted by atomic mass is 16.6. The number of aliphatic hydroxyl groups is 1. The van der Waals surface area contributed by atoms with Gasteiger partial charge in [-0.25, -0.2) is 4.79 Å². The van der Waals surface area contributed by atoms with E-state index in [9.17, 15) is 9.90 Å². The van der Waals surface area contributed by atoms with E-state index in [4.69, 9.17) is 9.47 Å². The number of aryl methyl sites for hydroxylation is 1. The molecule has 2 aliphatic rings. The van der Waals surface area contributed by atoms with Crippen molar-refractivity contribution in [1.29, 1.82) is 0 Å². The first-order valence-electron chi connectivity index (χ1n) is 5.88. The van der Waals surface area contributed by atoms with Gasteiger partial charge in [-0.15, -0.1) is 0 Å². The smallest absolute Gasteiger partial charge is 0.347 e. The number of ether oxygens (including phenoxy) is 2. The van der Waals surface area contributed by atoms with Gasteiger partial charge >= 0.3 is 5.97 Å². The monoisotopic (exact) mass is 234 g/mol. The summed E-state index contributed by atoms with van der Waals surface area (Å²) in [6, 6.07) is 5.60. The van der Waals surface area contributed by atoms with Gasteiger partial charge in [0.05, 0.1) is 12.7 Å². The van der Waals surface area contributed by atoms with Crippen molar-refractivity contribution in [3.8, 4) is 5.75 Å². The Morgan fingerprint density at radius 1 is 1.35 bits per heavy atom. The zero-order valence-electron chi connectivity index (χ0n) is 9.39. The Morgan fingerprint density at radius 3 is 3.00 bits per heavy atom. The predicted molar refractivity (Wildman–Crippen MR) is 59.7 cm³/mol. The first kappa shape index (κ1) is 10.6. The molecule has 3 rings (SSSR count). The Hall–Kier alpha value is -1.55. The highest BCUT2D eigenvalue weighted by molar-refractivity contribution is 5.76. The summed E-state index contributed by atoms with van der Waals surface area (Å²) >= 11 is 0. The SMILES string of the molecule is O=C1OCCC1Oc1ccc2c(c1)CCC2O. The van der Waals surface area contributed by atoms with Crippen molar-refractivity contribution in [2.75, 3.05) is 6.61 Å². The Kier molecular flexibility index (Phi) is 2.52. The van der Waals surface area contributed by atoms with Crippen molar-refractivity contribution in [3.63, 3.8) is 0 Å². The van der Waals surface area contributed by atoms with Gasteiger partial charge in [0.25, 0.3) is 0 Å². The van der Waals surface area contributed by atoms with Gasteiger partial charge in [-0.2, -0.15) is 0 Å². The van der Waals surface area contributed by atoms with Gasteiger partial charge in [0, 0.05) is 6.42 Å². The first-order chi connectivity index (χ1) is 8.24. The maximum atomic E-state index is 11.3. The number of benzene rings is 1. The zero-order valence-corrected chi connectivity index (χ0v) is 9.39. The maximum Gasteiger partial charge on any atom is 0.347 e. The number of rotatable bonds is 2. The van der Waals surface area contributed by atoms with Crippen molar-refractivity contribution < 1.29 is 19.4 Å². The fourth-order valence-electron chi connectivity index (χ4n) is 2.39. The largest absolute Gasteiger partial charge is 0.479 e. The van der Waals surface area contributed by atoms with E-state index in [0.29, 0.717) is 18.8 Å². The third-order valence-corrected chi connectivity index (χ3v) is 3.33. The van der Waals surface area contributed by atoms with Gasteiger partial charge < -0.3 is 14.6 Å². The van der Waals surface area contributed by atoms with E-state index >= 15 is 0 Å². The Bertz CT molecular complexity index is 455. The third kappa shape index (κ3) is 1.89. The molecule has 0 spiro atoms. The van der Waals surface area contributed by atoms with Crippen LogP contribution in [0.5, 0.6) is 5.75 Å². The number of aliphatic hydroxyl groups excluding tert-OH is 1. The lowest BCUT2D eigenvalue weighted by molar-refractivity contribution is -0.143. The highest BCUT2D eigenvalue weighted by Crippen LogP contribution is 2.33. The van der Waals surface area contributed by atoms with Crippen molar-refractivity contribution in [2.24, 2.45) is 0 Å². The molecule has 90 valence electrons. The number of esters is 1. The molecule has 4 nitrogen and oxygen atoms in total. The van der Waals surface area contributed by atoms with Crippen LogP contribution in [0.3, 0.4) is 0 Å². The number of carbonyl (C=O) groups is 1.